The third-order valence-electron chi connectivity index (χ3n) is 3.52. The lowest BCUT2D eigenvalue weighted by atomic mass is 10.1. The third-order valence-corrected chi connectivity index (χ3v) is 4.02. The molecular weight excluding hydrogens is 350 g/mol. The Kier molecular flexibility index (Phi) is 3.33. The van der Waals surface area contributed by atoms with Crippen molar-refractivity contribution in [1.29, 1.82) is 0 Å². The van der Waals surface area contributed by atoms with Gasteiger partial charge in [0.05, 0.1) is 22.8 Å². The number of hydrogen-bond donors (Lipinski definition) is 0. The molecule has 2 amide bonds. The quantitative estimate of drug-likeness (QED) is 0.768. The Morgan fingerprint density at radius 3 is 2.36 bits per heavy atom. The molecule has 2 aromatic carbocycles. The molecule has 1 aliphatic rings. The van der Waals surface area contributed by atoms with Gasteiger partial charge in [0, 0.05) is 4.47 Å². The summed E-state index contributed by atoms with van der Waals surface area (Å²) in [5, 5.41) is 10.9. The maximum atomic E-state index is 12.5. The number of aromatic carboxylic acids is 1. The number of nitrogens with zero attached hydrogens (tertiary/aromatic N) is 1. The topological polar surface area (TPSA) is 77.5 Å². The van der Waals surface area contributed by atoms with Crippen molar-refractivity contribution in [3.05, 3.63) is 63.1 Å². The summed E-state index contributed by atoms with van der Waals surface area (Å²) in [5.41, 5.74) is 1.37. The number of hydrogen-bond acceptors (Lipinski definition) is 4. The Bertz CT molecular complexity index is 844. The van der Waals surface area contributed by atoms with Crippen LogP contribution in [0.1, 0.15) is 36.6 Å². The van der Waals surface area contributed by atoms with Crippen LogP contribution in [0.25, 0.3) is 0 Å². The lowest BCUT2D eigenvalue weighted by molar-refractivity contribution is -0.255. The molecule has 2 aromatic rings. The number of aryl methyl sites for hydroxylation is 1. The van der Waals surface area contributed by atoms with E-state index in [0.717, 1.165) is 14.9 Å². The van der Waals surface area contributed by atoms with E-state index in [2.05, 4.69) is 15.9 Å². The van der Waals surface area contributed by atoms with E-state index in [1.165, 1.54) is 18.2 Å². The van der Waals surface area contributed by atoms with Gasteiger partial charge in [-0.1, -0.05) is 22.0 Å². The Hall–Kier alpha value is -2.47. The second-order valence-electron chi connectivity index (χ2n) is 4.92. The first-order valence-corrected chi connectivity index (χ1v) is 7.20. The van der Waals surface area contributed by atoms with Gasteiger partial charge >= 0.3 is 0 Å². The van der Waals surface area contributed by atoms with E-state index in [0.29, 0.717) is 5.69 Å². The van der Waals surface area contributed by atoms with Crippen LogP contribution in [-0.4, -0.2) is 17.8 Å². The van der Waals surface area contributed by atoms with Crippen LogP contribution in [-0.2, 0) is 0 Å². The van der Waals surface area contributed by atoms with Crippen molar-refractivity contribution in [2.45, 2.75) is 6.92 Å². The van der Waals surface area contributed by atoms with Crippen LogP contribution in [0.4, 0.5) is 5.69 Å². The van der Waals surface area contributed by atoms with E-state index in [1.54, 1.807) is 25.1 Å². The van der Waals surface area contributed by atoms with E-state index < -0.39 is 17.8 Å². The van der Waals surface area contributed by atoms with Crippen LogP contribution in [0, 0.1) is 6.92 Å². The Morgan fingerprint density at radius 1 is 1.05 bits per heavy atom. The monoisotopic (exact) mass is 358 g/mol. The first kappa shape index (κ1) is 14.5. The van der Waals surface area contributed by atoms with Gasteiger partial charge in [-0.2, -0.15) is 0 Å². The fourth-order valence-electron chi connectivity index (χ4n) is 2.46. The summed E-state index contributed by atoms with van der Waals surface area (Å²) >= 11 is 3.33. The molecule has 6 heteroatoms. The number of anilines is 1. The van der Waals surface area contributed by atoms with Gasteiger partial charge in [0.1, 0.15) is 0 Å². The third kappa shape index (κ3) is 2.12. The van der Waals surface area contributed by atoms with Gasteiger partial charge in [-0.15, -0.1) is 0 Å². The van der Waals surface area contributed by atoms with E-state index in [1.807, 2.05) is 0 Å². The molecule has 1 heterocycles. The maximum Gasteiger partial charge on any atom is 0.266 e. The zero-order chi connectivity index (χ0) is 16.0. The summed E-state index contributed by atoms with van der Waals surface area (Å²) in [6.45, 7) is 1.79. The zero-order valence-corrected chi connectivity index (χ0v) is 13.0. The number of amides is 2. The van der Waals surface area contributed by atoms with Crippen LogP contribution in [0.5, 0.6) is 0 Å². The molecule has 0 aromatic heterocycles. The highest BCUT2D eigenvalue weighted by atomic mass is 79.9. The highest BCUT2D eigenvalue weighted by Gasteiger charge is 2.37. The lowest BCUT2D eigenvalue weighted by Crippen LogP contribution is -2.30. The molecule has 3 rings (SSSR count). The van der Waals surface area contributed by atoms with Crippen molar-refractivity contribution in [2.24, 2.45) is 0 Å². The lowest BCUT2D eigenvalue weighted by Gasteiger charge is -2.16. The molecule has 0 bridgehead atoms. The number of fused-ring (bicyclic) bond motifs is 1. The van der Waals surface area contributed by atoms with E-state index in [4.69, 9.17) is 0 Å². The summed E-state index contributed by atoms with van der Waals surface area (Å²) in [6, 6.07) is 8.98. The van der Waals surface area contributed by atoms with Crippen molar-refractivity contribution in [2.75, 3.05) is 4.90 Å². The van der Waals surface area contributed by atoms with E-state index >= 15 is 0 Å². The number of carbonyl (C=O) groups is 3. The molecule has 5 nitrogen and oxygen atoms in total. The highest BCUT2D eigenvalue weighted by Crippen LogP contribution is 2.32. The molecule has 1 aliphatic heterocycles. The number of benzene rings is 2. The standard InChI is InChI=1S/C16H10BrNO4/c1-8-6-10(17)3-5-13(8)18-14(19)11-4-2-9(16(21)22)7-12(11)15(18)20/h2-7H,1H3,(H,21,22)/p-1. The van der Waals surface area contributed by atoms with Crippen molar-refractivity contribution in [3.8, 4) is 0 Å². The number of imide groups is 1. The molecule has 22 heavy (non-hydrogen) atoms. The van der Waals surface area contributed by atoms with Crippen molar-refractivity contribution >= 4 is 39.4 Å². The van der Waals surface area contributed by atoms with Gasteiger partial charge < -0.3 is 9.90 Å². The molecule has 0 radical (unpaired) electrons. The van der Waals surface area contributed by atoms with Crippen LogP contribution in [0.15, 0.2) is 40.9 Å². The van der Waals surface area contributed by atoms with Crippen molar-refractivity contribution in [1.82, 2.24) is 0 Å². The van der Waals surface area contributed by atoms with Gasteiger partial charge in [-0.05, 0) is 48.4 Å². The number of rotatable bonds is 2. The van der Waals surface area contributed by atoms with Crippen LogP contribution in [0.2, 0.25) is 0 Å². The minimum absolute atomic E-state index is 0.0778. The Balaban J connectivity index is 2.12. The highest BCUT2D eigenvalue weighted by molar-refractivity contribution is 9.10. The molecule has 110 valence electrons. The number of carboxylic acids is 1. The average Bonchev–Trinajstić information content (AvgIpc) is 2.71. The number of carboxylic acid groups (broad SMARTS) is 1. The number of halogens is 1. The molecule has 0 atom stereocenters. The largest absolute Gasteiger partial charge is 0.545 e. The van der Waals surface area contributed by atoms with Crippen LogP contribution >= 0.6 is 15.9 Å². The van der Waals surface area contributed by atoms with Crippen LogP contribution < -0.4 is 10.0 Å². The van der Waals surface area contributed by atoms with Gasteiger partial charge in [0.2, 0.25) is 0 Å². The summed E-state index contributed by atoms with van der Waals surface area (Å²) in [4.78, 5) is 36.9. The van der Waals surface area contributed by atoms with Crippen molar-refractivity contribution in [3.63, 3.8) is 0 Å². The maximum absolute atomic E-state index is 12.5. The van der Waals surface area contributed by atoms with Gasteiger partial charge in [0.25, 0.3) is 11.8 Å². The second-order valence-corrected chi connectivity index (χ2v) is 5.84. The smallest absolute Gasteiger partial charge is 0.266 e. The summed E-state index contributed by atoms with van der Waals surface area (Å²) < 4.78 is 0.838. The first-order chi connectivity index (χ1) is 10.4. The first-order valence-electron chi connectivity index (χ1n) is 6.40. The fourth-order valence-corrected chi connectivity index (χ4v) is 2.93. The molecule has 0 fully saturated rings. The number of carbonyl (C=O) groups excluding carboxylic acids is 3. The second kappa shape index (κ2) is 5.06. The predicted octanol–water partition coefficient (Wildman–Crippen LogP) is 1.92. The minimum atomic E-state index is -1.39. The molecule has 0 aliphatic carbocycles. The van der Waals surface area contributed by atoms with Crippen molar-refractivity contribution < 1.29 is 19.5 Å². The molecule has 0 saturated heterocycles. The summed E-state index contributed by atoms with van der Waals surface area (Å²) in [7, 11) is 0. The van der Waals surface area contributed by atoms with E-state index in [9.17, 15) is 19.5 Å². The zero-order valence-electron chi connectivity index (χ0n) is 11.4. The molecule has 0 saturated carbocycles. The molecule has 0 spiro atoms. The van der Waals surface area contributed by atoms with E-state index in [-0.39, 0.29) is 16.7 Å². The van der Waals surface area contributed by atoms with Gasteiger partial charge in [0.15, 0.2) is 0 Å². The normalized spacial score (nSPS) is 13.5. The van der Waals surface area contributed by atoms with Crippen LogP contribution in [0.3, 0.4) is 0 Å². The molecular formula is C16H9BrNO4-. The predicted molar refractivity (Wildman–Crippen MR) is 80.8 cm³/mol. The minimum Gasteiger partial charge on any atom is -0.545 e. The molecule has 0 unspecified atom stereocenters. The fraction of sp³-hybridized carbons (Fsp3) is 0.0625. The summed E-state index contributed by atoms with van der Waals surface area (Å²) in [6.07, 6.45) is 0. The Morgan fingerprint density at radius 2 is 1.73 bits per heavy atom. The SMILES string of the molecule is Cc1cc(Br)ccc1N1C(=O)c2ccc(C(=O)[O-])cc2C1=O. The summed E-state index contributed by atoms with van der Waals surface area (Å²) in [5.74, 6) is -2.38. The van der Waals surface area contributed by atoms with Gasteiger partial charge in [-0.3, -0.25) is 9.59 Å². The van der Waals surface area contributed by atoms with Gasteiger partial charge in [-0.25, -0.2) is 4.90 Å². The molecule has 0 N–H and O–H groups in total. The Labute approximate surface area is 134 Å². The average molecular weight is 359 g/mol.